The molecule has 0 spiro atoms. The molecule has 0 aromatic rings. The molecule has 5 heteroatoms. The van der Waals surface area contributed by atoms with Crippen molar-refractivity contribution in [1.29, 1.82) is 0 Å². The summed E-state index contributed by atoms with van der Waals surface area (Å²) in [6, 6.07) is 0.368. The van der Waals surface area contributed by atoms with Crippen molar-refractivity contribution in [1.82, 2.24) is 10.6 Å². The van der Waals surface area contributed by atoms with Gasteiger partial charge in [0, 0.05) is 33.7 Å². The zero-order valence-electron chi connectivity index (χ0n) is 9.58. The van der Waals surface area contributed by atoms with Gasteiger partial charge in [-0.3, -0.25) is 4.79 Å². The minimum atomic E-state index is -0.0138. The third-order valence-corrected chi connectivity index (χ3v) is 2.65. The Balaban J connectivity index is 2.48. The Hall–Kier alpha value is -0.650. The van der Waals surface area contributed by atoms with Crippen LogP contribution in [0.25, 0.3) is 0 Å². The van der Waals surface area contributed by atoms with E-state index in [9.17, 15) is 4.79 Å². The summed E-state index contributed by atoms with van der Waals surface area (Å²) in [4.78, 5) is 11.0. The van der Waals surface area contributed by atoms with Gasteiger partial charge in [-0.05, 0) is 6.42 Å². The second-order valence-electron chi connectivity index (χ2n) is 3.88. The summed E-state index contributed by atoms with van der Waals surface area (Å²) < 4.78 is 10.4. The number of methoxy groups -OCH3 is 2. The average molecular weight is 216 g/mol. The van der Waals surface area contributed by atoms with Crippen molar-refractivity contribution in [2.75, 3.05) is 27.4 Å². The van der Waals surface area contributed by atoms with E-state index in [0.717, 1.165) is 13.0 Å². The Morgan fingerprint density at radius 2 is 2.27 bits per heavy atom. The fraction of sp³-hybridized carbons (Fsp3) is 0.900. The zero-order valence-corrected chi connectivity index (χ0v) is 9.58. The number of hydrogen-bond donors (Lipinski definition) is 2. The first kappa shape index (κ1) is 12.4. The van der Waals surface area contributed by atoms with Gasteiger partial charge in [-0.1, -0.05) is 0 Å². The molecule has 0 aromatic carbocycles. The monoisotopic (exact) mass is 216 g/mol. The molecule has 0 bridgehead atoms. The van der Waals surface area contributed by atoms with Gasteiger partial charge in [0.1, 0.15) is 0 Å². The van der Waals surface area contributed by atoms with Crippen molar-refractivity contribution in [2.45, 2.75) is 31.5 Å². The van der Waals surface area contributed by atoms with E-state index in [-0.39, 0.29) is 18.1 Å². The van der Waals surface area contributed by atoms with E-state index >= 15 is 0 Å². The van der Waals surface area contributed by atoms with Gasteiger partial charge in [-0.15, -0.1) is 0 Å². The van der Waals surface area contributed by atoms with E-state index in [4.69, 9.17) is 9.47 Å². The molecule has 0 saturated carbocycles. The highest BCUT2D eigenvalue weighted by molar-refractivity contribution is 5.73. The molecule has 1 heterocycles. The molecule has 1 saturated heterocycles. The van der Waals surface area contributed by atoms with Gasteiger partial charge in [0.05, 0.1) is 18.8 Å². The second-order valence-corrected chi connectivity index (χ2v) is 3.88. The molecule has 2 N–H and O–H groups in total. The molecule has 0 radical (unpaired) electrons. The summed E-state index contributed by atoms with van der Waals surface area (Å²) in [7, 11) is 3.34. The summed E-state index contributed by atoms with van der Waals surface area (Å²) in [5, 5.41) is 6.23. The average Bonchev–Trinajstić information content (AvgIpc) is 2.18. The maximum absolute atomic E-state index is 11.0. The van der Waals surface area contributed by atoms with Crippen LogP contribution >= 0.6 is 0 Å². The molecule has 3 atom stereocenters. The minimum absolute atomic E-state index is 0.0138. The maximum atomic E-state index is 11.0. The van der Waals surface area contributed by atoms with Crippen LogP contribution in [0.2, 0.25) is 0 Å². The lowest BCUT2D eigenvalue weighted by Crippen LogP contribution is -2.57. The molecular weight excluding hydrogens is 196 g/mol. The first-order valence-corrected chi connectivity index (χ1v) is 5.19. The molecule has 0 aliphatic carbocycles. The Morgan fingerprint density at radius 1 is 1.53 bits per heavy atom. The van der Waals surface area contributed by atoms with E-state index < -0.39 is 0 Å². The van der Waals surface area contributed by atoms with Crippen molar-refractivity contribution in [3.63, 3.8) is 0 Å². The van der Waals surface area contributed by atoms with E-state index in [1.165, 1.54) is 6.92 Å². The Kier molecular flexibility index (Phi) is 5.01. The molecule has 0 unspecified atom stereocenters. The SMILES string of the molecule is COC[C@@H]1C[C@@H](NC(C)=O)[C@@H](OC)CN1. The van der Waals surface area contributed by atoms with E-state index in [0.29, 0.717) is 12.6 Å². The lowest BCUT2D eigenvalue weighted by molar-refractivity contribution is -0.121. The van der Waals surface area contributed by atoms with Gasteiger partial charge in [0.25, 0.3) is 0 Å². The van der Waals surface area contributed by atoms with Crippen molar-refractivity contribution in [3.8, 4) is 0 Å². The highest BCUT2D eigenvalue weighted by atomic mass is 16.5. The molecule has 1 fully saturated rings. The number of amides is 1. The number of nitrogens with one attached hydrogen (secondary N) is 2. The van der Waals surface area contributed by atoms with Crippen LogP contribution in [0.4, 0.5) is 0 Å². The van der Waals surface area contributed by atoms with Gasteiger partial charge in [0.15, 0.2) is 0 Å². The van der Waals surface area contributed by atoms with Crippen LogP contribution in [-0.2, 0) is 14.3 Å². The molecule has 1 aliphatic rings. The van der Waals surface area contributed by atoms with Crippen LogP contribution in [-0.4, -0.2) is 51.5 Å². The first-order valence-electron chi connectivity index (χ1n) is 5.19. The van der Waals surface area contributed by atoms with Gasteiger partial charge >= 0.3 is 0 Å². The smallest absolute Gasteiger partial charge is 0.217 e. The number of hydrogen-bond acceptors (Lipinski definition) is 4. The lowest BCUT2D eigenvalue weighted by Gasteiger charge is -2.36. The number of ether oxygens (including phenoxy) is 2. The summed E-state index contributed by atoms with van der Waals surface area (Å²) in [5.74, 6) is -0.0138. The van der Waals surface area contributed by atoms with Crippen LogP contribution in [0.3, 0.4) is 0 Å². The minimum Gasteiger partial charge on any atom is -0.383 e. The Labute approximate surface area is 90.5 Å². The van der Waals surface area contributed by atoms with Crippen LogP contribution in [0.15, 0.2) is 0 Å². The standard InChI is InChI=1S/C10H20N2O3/c1-7(13)12-9-4-8(6-14-2)11-5-10(9)15-3/h8-11H,4-6H2,1-3H3,(H,12,13)/t8-,9+,10-/m0/s1. The van der Waals surface area contributed by atoms with Gasteiger partial charge in [-0.25, -0.2) is 0 Å². The molecule has 1 amide bonds. The summed E-state index contributed by atoms with van der Waals surface area (Å²) in [6.45, 7) is 2.93. The summed E-state index contributed by atoms with van der Waals surface area (Å²) in [5.41, 5.74) is 0. The number of rotatable bonds is 4. The zero-order chi connectivity index (χ0) is 11.3. The molecule has 1 rings (SSSR count). The topological polar surface area (TPSA) is 59.6 Å². The lowest BCUT2D eigenvalue weighted by atomic mass is 9.97. The molecule has 15 heavy (non-hydrogen) atoms. The number of piperidine rings is 1. The largest absolute Gasteiger partial charge is 0.383 e. The first-order chi connectivity index (χ1) is 7.17. The number of carbonyl (C=O) groups excluding carboxylic acids is 1. The molecule has 0 aromatic heterocycles. The molecule has 5 nitrogen and oxygen atoms in total. The molecule has 88 valence electrons. The molecular formula is C10H20N2O3. The third kappa shape index (κ3) is 3.77. The van der Waals surface area contributed by atoms with Gasteiger partial charge < -0.3 is 20.1 Å². The van der Waals surface area contributed by atoms with Crippen molar-refractivity contribution in [2.24, 2.45) is 0 Å². The quantitative estimate of drug-likeness (QED) is 0.666. The van der Waals surface area contributed by atoms with Crippen molar-refractivity contribution in [3.05, 3.63) is 0 Å². The van der Waals surface area contributed by atoms with E-state index in [1.807, 2.05) is 0 Å². The molecule has 1 aliphatic heterocycles. The van der Waals surface area contributed by atoms with Crippen molar-refractivity contribution >= 4 is 5.91 Å². The number of carbonyl (C=O) groups is 1. The summed E-state index contributed by atoms with van der Waals surface area (Å²) >= 11 is 0. The normalized spacial score (nSPS) is 31.3. The van der Waals surface area contributed by atoms with E-state index in [1.54, 1.807) is 14.2 Å². The maximum Gasteiger partial charge on any atom is 0.217 e. The Morgan fingerprint density at radius 3 is 2.80 bits per heavy atom. The Bertz CT molecular complexity index is 211. The highest BCUT2D eigenvalue weighted by Crippen LogP contribution is 2.12. The summed E-state index contributed by atoms with van der Waals surface area (Å²) in [6.07, 6.45) is 0.883. The fourth-order valence-electron chi connectivity index (χ4n) is 1.96. The van der Waals surface area contributed by atoms with Gasteiger partial charge in [-0.2, -0.15) is 0 Å². The van der Waals surface area contributed by atoms with Crippen molar-refractivity contribution < 1.29 is 14.3 Å². The van der Waals surface area contributed by atoms with Crippen LogP contribution < -0.4 is 10.6 Å². The van der Waals surface area contributed by atoms with Crippen LogP contribution in [0, 0.1) is 0 Å². The third-order valence-electron chi connectivity index (χ3n) is 2.65. The van der Waals surface area contributed by atoms with E-state index in [2.05, 4.69) is 10.6 Å². The predicted molar refractivity (Wildman–Crippen MR) is 56.7 cm³/mol. The fourth-order valence-corrected chi connectivity index (χ4v) is 1.96. The van der Waals surface area contributed by atoms with Crippen LogP contribution in [0.5, 0.6) is 0 Å². The highest BCUT2D eigenvalue weighted by Gasteiger charge is 2.30. The second kappa shape index (κ2) is 6.05. The van der Waals surface area contributed by atoms with Gasteiger partial charge in [0.2, 0.25) is 5.91 Å². The predicted octanol–water partition coefficient (Wildman–Crippen LogP) is -0.486. The van der Waals surface area contributed by atoms with Crippen LogP contribution in [0.1, 0.15) is 13.3 Å².